The Morgan fingerprint density at radius 3 is 0.828 bits per heavy atom. The molecule has 0 saturated carbocycles. The van der Waals surface area contributed by atoms with E-state index in [1.54, 1.807) is 12.1 Å². The highest BCUT2D eigenvalue weighted by molar-refractivity contribution is 5.30. The maximum Gasteiger partial charge on any atom is 0.118 e. The van der Waals surface area contributed by atoms with Crippen LogP contribution in [0.25, 0.3) is 0 Å². The minimum absolute atomic E-state index is 0. The van der Waals surface area contributed by atoms with E-state index >= 15 is 0 Å². The van der Waals surface area contributed by atoms with Gasteiger partial charge in [-0.3, -0.25) is 0 Å². The second-order valence-electron chi connectivity index (χ2n) is 6.14. The third-order valence-corrected chi connectivity index (χ3v) is 2.90. The Morgan fingerprint density at radius 1 is 0.483 bits per heavy atom. The summed E-state index contributed by atoms with van der Waals surface area (Å²) in [5.41, 5.74) is 1.85. The van der Waals surface area contributed by atoms with Crippen LogP contribution in [0.5, 0.6) is 11.5 Å². The molecular weight excluding hydrogens is 356 g/mol. The van der Waals surface area contributed by atoms with E-state index in [1.807, 2.05) is 86.6 Å². The van der Waals surface area contributed by atoms with Crippen molar-refractivity contribution in [3.8, 4) is 11.5 Å². The van der Waals surface area contributed by atoms with Crippen LogP contribution in [0, 0.1) is 13.8 Å². The molecule has 0 aromatic heterocycles. The zero-order valence-electron chi connectivity index (χ0n) is 18.4. The molecule has 0 spiro atoms. The van der Waals surface area contributed by atoms with Crippen LogP contribution < -0.4 is 0 Å². The maximum absolute atomic E-state index is 8.92. The van der Waals surface area contributed by atoms with E-state index in [9.17, 15) is 0 Å². The second-order valence-corrected chi connectivity index (χ2v) is 6.14. The number of hydrogen-bond donors (Lipinski definition) is 2. The van der Waals surface area contributed by atoms with Crippen molar-refractivity contribution in [2.45, 2.75) is 61.8 Å². The lowest BCUT2D eigenvalue weighted by atomic mass is 10.2. The van der Waals surface area contributed by atoms with Crippen LogP contribution in [-0.4, -0.2) is 10.2 Å². The Hall–Kier alpha value is -2.74. The van der Waals surface area contributed by atoms with Gasteiger partial charge in [-0.15, -0.1) is 0 Å². The van der Waals surface area contributed by atoms with Crippen LogP contribution in [0.3, 0.4) is 0 Å². The van der Waals surface area contributed by atoms with Crippen molar-refractivity contribution in [3.63, 3.8) is 0 Å². The Kier molecular flexibility index (Phi) is 24.9. The van der Waals surface area contributed by atoms with Gasteiger partial charge < -0.3 is 10.2 Å². The van der Waals surface area contributed by atoms with E-state index in [0.29, 0.717) is 11.5 Å². The lowest BCUT2D eigenvalue weighted by Gasteiger charge is -1.92. The van der Waals surface area contributed by atoms with Crippen LogP contribution in [0.15, 0.2) is 84.9 Å². The average Bonchev–Trinajstić information content (AvgIpc) is 2.70. The zero-order chi connectivity index (χ0) is 21.6. The van der Waals surface area contributed by atoms with Gasteiger partial charge in [0.05, 0.1) is 0 Å². The highest BCUT2D eigenvalue weighted by Crippen LogP contribution is 2.12. The van der Waals surface area contributed by atoms with Crippen molar-refractivity contribution in [1.82, 2.24) is 0 Å². The van der Waals surface area contributed by atoms with Crippen molar-refractivity contribution in [2.75, 3.05) is 0 Å². The summed E-state index contributed by atoms with van der Waals surface area (Å²) in [5, 5.41) is 17.8. The van der Waals surface area contributed by atoms with Crippen LogP contribution in [0.4, 0.5) is 0 Å². The molecule has 2 N–H and O–H groups in total. The lowest BCUT2D eigenvalue weighted by Crippen LogP contribution is -1.68. The molecule has 29 heavy (non-hydrogen) atoms. The zero-order valence-corrected chi connectivity index (χ0v) is 18.4. The first kappa shape index (κ1) is 31.0. The molecule has 0 saturated heterocycles. The van der Waals surface area contributed by atoms with Gasteiger partial charge in [0.15, 0.2) is 0 Å². The SMILES string of the molecule is C.CCC.CCC.Cc1ccccc1O.Cc1ccccc1O.c1ccccc1. The lowest BCUT2D eigenvalue weighted by molar-refractivity contribution is 0.470. The number of phenolic OH excluding ortho intramolecular Hbond substituents is 2. The molecule has 0 aliphatic carbocycles. The van der Waals surface area contributed by atoms with E-state index in [0.717, 1.165) is 11.1 Å². The second kappa shape index (κ2) is 23.3. The summed E-state index contributed by atoms with van der Waals surface area (Å²) >= 11 is 0. The van der Waals surface area contributed by atoms with Crippen molar-refractivity contribution < 1.29 is 10.2 Å². The number of aromatic hydroxyl groups is 2. The molecule has 0 heterocycles. The first-order chi connectivity index (χ1) is 13.4. The Bertz CT molecular complexity index is 565. The van der Waals surface area contributed by atoms with E-state index < -0.39 is 0 Å². The van der Waals surface area contributed by atoms with Gasteiger partial charge in [0.1, 0.15) is 11.5 Å². The van der Waals surface area contributed by atoms with Crippen molar-refractivity contribution in [1.29, 1.82) is 0 Å². The minimum atomic E-state index is 0. The Balaban J connectivity index is -0.000000306. The number of phenols is 2. The highest BCUT2D eigenvalue weighted by atomic mass is 16.3. The molecule has 0 amide bonds. The summed E-state index contributed by atoms with van der Waals surface area (Å²) < 4.78 is 0. The summed E-state index contributed by atoms with van der Waals surface area (Å²) in [4.78, 5) is 0. The molecule has 0 atom stereocenters. The number of benzene rings is 3. The predicted molar refractivity (Wildman–Crippen MR) is 131 cm³/mol. The van der Waals surface area contributed by atoms with Gasteiger partial charge in [-0.2, -0.15) is 0 Å². The summed E-state index contributed by atoms with van der Waals surface area (Å²) in [5.74, 6) is 0.736. The molecular formula is C27H42O2. The van der Waals surface area contributed by atoms with Crippen LogP contribution in [0.1, 0.15) is 59.1 Å². The average molecular weight is 399 g/mol. The predicted octanol–water partition coefficient (Wildman–Crippen LogP) is 8.56. The fourth-order valence-electron chi connectivity index (χ4n) is 1.51. The smallest absolute Gasteiger partial charge is 0.118 e. The standard InChI is InChI=1S/2C7H8O.C6H6.2C3H8.CH4/c2*1-6-4-2-3-5-7(6)8;1-2-4-6-5-3-1;2*1-3-2;/h2*2-5,8H,1H3;1-6H;2*3H2,1-2H3;1H4. The molecule has 0 fully saturated rings. The normalized spacial score (nSPS) is 7.93. The van der Waals surface area contributed by atoms with E-state index in [4.69, 9.17) is 10.2 Å². The van der Waals surface area contributed by atoms with Gasteiger partial charge in [-0.05, 0) is 37.1 Å². The molecule has 3 aromatic rings. The topological polar surface area (TPSA) is 40.5 Å². The molecule has 2 heteroatoms. The summed E-state index contributed by atoms with van der Waals surface area (Å²) in [6, 6.07) is 26.5. The number of para-hydroxylation sites is 2. The molecule has 0 aliphatic heterocycles. The number of aryl methyl sites for hydroxylation is 2. The van der Waals surface area contributed by atoms with Crippen LogP contribution in [0.2, 0.25) is 0 Å². The summed E-state index contributed by atoms with van der Waals surface area (Å²) in [7, 11) is 0. The third-order valence-electron chi connectivity index (χ3n) is 2.90. The van der Waals surface area contributed by atoms with Crippen LogP contribution >= 0.6 is 0 Å². The Morgan fingerprint density at radius 2 is 0.690 bits per heavy atom. The molecule has 0 aliphatic rings. The summed E-state index contributed by atoms with van der Waals surface area (Å²) in [6.07, 6.45) is 2.50. The third kappa shape index (κ3) is 21.4. The number of hydrogen-bond acceptors (Lipinski definition) is 2. The Labute approximate surface area is 179 Å². The fraction of sp³-hybridized carbons (Fsp3) is 0.333. The van der Waals surface area contributed by atoms with Crippen molar-refractivity contribution in [3.05, 3.63) is 96.1 Å². The fourth-order valence-corrected chi connectivity index (χ4v) is 1.51. The highest BCUT2D eigenvalue weighted by Gasteiger charge is 1.87. The van der Waals surface area contributed by atoms with Gasteiger partial charge in [0.25, 0.3) is 0 Å². The molecule has 3 aromatic carbocycles. The molecule has 0 unspecified atom stereocenters. The minimum Gasteiger partial charge on any atom is -0.508 e. The monoisotopic (exact) mass is 398 g/mol. The first-order valence-electron chi connectivity index (χ1n) is 9.93. The number of rotatable bonds is 0. The van der Waals surface area contributed by atoms with E-state index in [1.165, 1.54) is 12.8 Å². The largest absolute Gasteiger partial charge is 0.508 e. The van der Waals surface area contributed by atoms with Gasteiger partial charge in [-0.25, -0.2) is 0 Å². The van der Waals surface area contributed by atoms with Gasteiger partial charge >= 0.3 is 0 Å². The molecule has 162 valence electrons. The van der Waals surface area contributed by atoms with Gasteiger partial charge in [0.2, 0.25) is 0 Å². The molecule has 0 radical (unpaired) electrons. The summed E-state index contributed by atoms with van der Waals surface area (Å²) in [6.45, 7) is 12.2. The maximum atomic E-state index is 8.92. The van der Waals surface area contributed by atoms with Gasteiger partial charge in [0, 0.05) is 0 Å². The molecule has 3 rings (SSSR count). The van der Waals surface area contributed by atoms with Gasteiger partial charge in [-0.1, -0.05) is 121 Å². The quantitative estimate of drug-likeness (QED) is 0.398. The van der Waals surface area contributed by atoms with Crippen molar-refractivity contribution >= 4 is 0 Å². The first-order valence-corrected chi connectivity index (χ1v) is 9.93. The van der Waals surface area contributed by atoms with Crippen molar-refractivity contribution in [2.24, 2.45) is 0 Å². The van der Waals surface area contributed by atoms with Crippen LogP contribution in [-0.2, 0) is 0 Å². The molecule has 2 nitrogen and oxygen atoms in total. The molecule has 0 bridgehead atoms. The van der Waals surface area contributed by atoms with E-state index in [-0.39, 0.29) is 7.43 Å². The van der Waals surface area contributed by atoms with E-state index in [2.05, 4.69) is 27.7 Å².